The number of morpholine rings is 1. The molecule has 1 aliphatic heterocycles. The van der Waals surface area contributed by atoms with Gasteiger partial charge >= 0.3 is 0 Å². The summed E-state index contributed by atoms with van der Waals surface area (Å²) in [6.07, 6.45) is 0.175. The lowest BCUT2D eigenvalue weighted by Crippen LogP contribution is -2.46. The first kappa shape index (κ1) is 13.3. The lowest BCUT2D eigenvalue weighted by atomic mass is 10.1. The fourth-order valence-electron chi connectivity index (χ4n) is 2.18. The van der Waals surface area contributed by atoms with Gasteiger partial charge in [0.25, 0.3) is 0 Å². The molecule has 2 rings (SSSR count). The lowest BCUT2D eigenvalue weighted by molar-refractivity contribution is 0.0421. The van der Waals surface area contributed by atoms with Crippen LogP contribution in [0.2, 0.25) is 0 Å². The van der Waals surface area contributed by atoms with Crippen LogP contribution in [0.3, 0.4) is 0 Å². The van der Waals surface area contributed by atoms with Crippen LogP contribution in [0.25, 0.3) is 0 Å². The predicted molar refractivity (Wildman–Crippen MR) is 74.7 cm³/mol. The maximum Gasteiger partial charge on any atom is 0.103 e. The second-order valence-corrected chi connectivity index (χ2v) is 5.10. The summed E-state index contributed by atoms with van der Waals surface area (Å²) in [5, 5.41) is 12.4. The molecule has 18 heavy (non-hydrogen) atoms. The molecule has 4 nitrogen and oxygen atoms in total. The second kappa shape index (κ2) is 6.19. The maximum absolute atomic E-state index is 9.25. The minimum Gasteiger partial charge on any atom is -0.373 e. The number of nitriles is 1. The summed E-state index contributed by atoms with van der Waals surface area (Å²) >= 11 is 3.43. The molecule has 0 aromatic heterocycles. The molecule has 0 saturated carbocycles. The van der Waals surface area contributed by atoms with Crippen molar-refractivity contribution >= 4 is 21.6 Å². The molecule has 96 valence electrons. The third-order valence-corrected chi connectivity index (χ3v) is 3.68. The summed E-state index contributed by atoms with van der Waals surface area (Å²) in [4.78, 5) is 2.22. The average Bonchev–Trinajstić information content (AvgIpc) is 2.39. The number of hydrogen-bond donors (Lipinski definition) is 1. The van der Waals surface area contributed by atoms with Crippen LogP contribution in [-0.2, 0) is 4.74 Å². The molecule has 0 spiro atoms. The van der Waals surface area contributed by atoms with Crippen molar-refractivity contribution in [3.63, 3.8) is 0 Å². The van der Waals surface area contributed by atoms with Gasteiger partial charge in [0.15, 0.2) is 0 Å². The summed E-state index contributed by atoms with van der Waals surface area (Å²) in [6.45, 7) is 3.16. The lowest BCUT2D eigenvalue weighted by Gasteiger charge is -2.35. The number of anilines is 1. The van der Waals surface area contributed by atoms with Gasteiger partial charge in [0.05, 0.1) is 24.0 Å². The van der Waals surface area contributed by atoms with Gasteiger partial charge in [0.2, 0.25) is 0 Å². The van der Waals surface area contributed by atoms with Gasteiger partial charge in [-0.3, -0.25) is 0 Å². The van der Waals surface area contributed by atoms with Gasteiger partial charge in [-0.25, -0.2) is 0 Å². The molecule has 0 amide bonds. The van der Waals surface area contributed by atoms with Crippen LogP contribution < -0.4 is 10.2 Å². The summed E-state index contributed by atoms with van der Waals surface area (Å²) < 4.78 is 6.52. The van der Waals surface area contributed by atoms with Gasteiger partial charge in [0.1, 0.15) is 6.07 Å². The standard InChI is InChI=1S/C13H16BrN3O/c1-16-8-10-9-17(5-6-18-10)13-4-2-3-12(14)11(13)7-15/h2-4,10,16H,5-6,8-9H2,1H3. The van der Waals surface area contributed by atoms with E-state index in [2.05, 4.69) is 32.2 Å². The van der Waals surface area contributed by atoms with Crippen molar-refractivity contribution in [2.75, 3.05) is 38.2 Å². The normalized spacial score (nSPS) is 19.6. The highest BCUT2D eigenvalue weighted by molar-refractivity contribution is 9.10. The highest BCUT2D eigenvalue weighted by Crippen LogP contribution is 2.28. The first-order chi connectivity index (χ1) is 8.76. The Balaban J connectivity index is 2.21. The molecule has 0 aliphatic carbocycles. The third-order valence-electron chi connectivity index (χ3n) is 3.01. The average molecular weight is 310 g/mol. The number of nitrogens with one attached hydrogen (secondary N) is 1. The molecule has 1 saturated heterocycles. The number of halogens is 1. The summed E-state index contributed by atoms with van der Waals surface area (Å²) in [6, 6.07) is 8.11. The minimum atomic E-state index is 0.175. The van der Waals surface area contributed by atoms with E-state index in [1.807, 2.05) is 25.2 Å². The Morgan fingerprint density at radius 3 is 3.17 bits per heavy atom. The van der Waals surface area contributed by atoms with Crippen LogP contribution in [0, 0.1) is 11.3 Å². The number of nitrogens with zero attached hydrogens (tertiary/aromatic N) is 2. The molecule has 1 heterocycles. The maximum atomic E-state index is 9.25. The van der Waals surface area contributed by atoms with Crippen LogP contribution in [0.15, 0.2) is 22.7 Å². The molecule has 1 fully saturated rings. The number of likely N-dealkylation sites (N-methyl/N-ethyl adjacent to an activating group) is 1. The molecule has 1 unspecified atom stereocenters. The van der Waals surface area contributed by atoms with E-state index in [1.165, 1.54) is 0 Å². The van der Waals surface area contributed by atoms with Crippen LogP contribution in [0.1, 0.15) is 5.56 Å². The molecule has 1 aromatic rings. The Bertz CT molecular complexity index is 456. The zero-order valence-electron chi connectivity index (χ0n) is 10.3. The first-order valence-electron chi connectivity index (χ1n) is 5.96. The number of rotatable bonds is 3. The van der Waals surface area contributed by atoms with E-state index in [1.54, 1.807) is 0 Å². The summed E-state index contributed by atoms with van der Waals surface area (Å²) in [5.74, 6) is 0. The van der Waals surface area contributed by atoms with Crippen molar-refractivity contribution in [3.05, 3.63) is 28.2 Å². The quantitative estimate of drug-likeness (QED) is 0.924. The monoisotopic (exact) mass is 309 g/mol. The van der Waals surface area contributed by atoms with E-state index in [-0.39, 0.29) is 6.10 Å². The van der Waals surface area contributed by atoms with Crippen molar-refractivity contribution in [2.24, 2.45) is 0 Å². The van der Waals surface area contributed by atoms with E-state index in [0.29, 0.717) is 12.2 Å². The highest BCUT2D eigenvalue weighted by Gasteiger charge is 2.22. The van der Waals surface area contributed by atoms with Crippen LogP contribution in [-0.4, -0.2) is 39.4 Å². The molecule has 0 bridgehead atoms. The van der Waals surface area contributed by atoms with Crippen molar-refractivity contribution in [1.29, 1.82) is 5.26 Å². The van der Waals surface area contributed by atoms with Crippen LogP contribution >= 0.6 is 15.9 Å². The molecule has 1 aromatic carbocycles. The van der Waals surface area contributed by atoms with Gasteiger partial charge in [-0.2, -0.15) is 5.26 Å². The third kappa shape index (κ3) is 2.83. The molecule has 1 N–H and O–H groups in total. The van der Waals surface area contributed by atoms with Gasteiger partial charge in [-0.05, 0) is 35.1 Å². The molecule has 1 aliphatic rings. The largest absolute Gasteiger partial charge is 0.373 e. The fourth-order valence-corrected chi connectivity index (χ4v) is 2.62. The van der Waals surface area contributed by atoms with Crippen molar-refractivity contribution in [3.8, 4) is 6.07 Å². The smallest absolute Gasteiger partial charge is 0.103 e. The van der Waals surface area contributed by atoms with Gasteiger partial charge in [0, 0.05) is 24.1 Å². The number of ether oxygens (including phenoxy) is 1. The SMILES string of the molecule is CNCC1CN(c2cccc(Br)c2C#N)CCO1. The number of hydrogen-bond acceptors (Lipinski definition) is 4. The first-order valence-corrected chi connectivity index (χ1v) is 6.75. The summed E-state index contributed by atoms with van der Waals surface area (Å²) in [5.41, 5.74) is 1.68. The van der Waals surface area contributed by atoms with E-state index in [9.17, 15) is 5.26 Å². The Labute approximate surface area is 116 Å². The topological polar surface area (TPSA) is 48.3 Å². The molecular weight excluding hydrogens is 294 g/mol. The predicted octanol–water partition coefficient (Wildman–Crippen LogP) is 1.75. The van der Waals surface area contributed by atoms with Gasteiger partial charge < -0.3 is 15.0 Å². The van der Waals surface area contributed by atoms with E-state index >= 15 is 0 Å². The minimum absolute atomic E-state index is 0.175. The Morgan fingerprint density at radius 1 is 1.61 bits per heavy atom. The molecule has 5 heteroatoms. The fraction of sp³-hybridized carbons (Fsp3) is 0.462. The Hall–Kier alpha value is -1.09. The van der Waals surface area contributed by atoms with Crippen molar-refractivity contribution in [2.45, 2.75) is 6.10 Å². The van der Waals surface area contributed by atoms with Crippen LogP contribution in [0.4, 0.5) is 5.69 Å². The van der Waals surface area contributed by atoms with Gasteiger partial charge in [-0.1, -0.05) is 6.07 Å². The zero-order valence-corrected chi connectivity index (χ0v) is 11.9. The zero-order chi connectivity index (χ0) is 13.0. The van der Waals surface area contributed by atoms with E-state index < -0.39 is 0 Å². The Kier molecular flexibility index (Phi) is 4.59. The van der Waals surface area contributed by atoms with E-state index in [0.717, 1.165) is 29.8 Å². The van der Waals surface area contributed by atoms with E-state index in [4.69, 9.17) is 4.74 Å². The number of benzene rings is 1. The highest BCUT2D eigenvalue weighted by atomic mass is 79.9. The second-order valence-electron chi connectivity index (χ2n) is 4.24. The summed E-state index contributed by atoms with van der Waals surface area (Å²) in [7, 11) is 1.92. The van der Waals surface area contributed by atoms with Crippen LogP contribution in [0.5, 0.6) is 0 Å². The van der Waals surface area contributed by atoms with Crippen molar-refractivity contribution < 1.29 is 4.74 Å². The molecule has 0 radical (unpaired) electrons. The van der Waals surface area contributed by atoms with Crippen molar-refractivity contribution in [1.82, 2.24) is 5.32 Å². The molecular formula is C13H16BrN3O. The Morgan fingerprint density at radius 2 is 2.44 bits per heavy atom. The molecule has 1 atom stereocenters. The van der Waals surface area contributed by atoms with Gasteiger partial charge in [-0.15, -0.1) is 0 Å².